The van der Waals surface area contributed by atoms with Crippen molar-refractivity contribution in [1.82, 2.24) is 20.5 Å². The Kier molecular flexibility index (Phi) is 5.83. The number of aryl methyl sites for hydroxylation is 1. The summed E-state index contributed by atoms with van der Waals surface area (Å²) in [4.78, 5) is 26.7. The van der Waals surface area contributed by atoms with Crippen molar-refractivity contribution in [3.05, 3.63) is 11.6 Å². The van der Waals surface area contributed by atoms with E-state index in [-0.39, 0.29) is 24.8 Å². The lowest BCUT2D eigenvalue weighted by Gasteiger charge is -2.02. The molecule has 7 heteroatoms. The fourth-order valence-corrected chi connectivity index (χ4v) is 1.34. The van der Waals surface area contributed by atoms with Crippen molar-refractivity contribution in [3.63, 3.8) is 0 Å². The van der Waals surface area contributed by atoms with Crippen LogP contribution in [0.1, 0.15) is 43.1 Å². The number of H-pyrrole nitrogens is 1. The normalized spacial score (nSPS) is 10.1. The SMILES string of the molecule is CCCc1nc(C(=O)NCCC(=O)OCC)n[nH]1. The number of carbonyl (C=O) groups is 2. The molecule has 0 saturated heterocycles. The standard InChI is InChI=1S/C11H18N4O3/c1-3-5-8-13-10(15-14-8)11(17)12-7-6-9(16)18-4-2/h3-7H2,1-2H3,(H,12,17)(H,13,14,15). The number of hydrogen-bond acceptors (Lipinski definition) is 5. The second-order valence-electron chi connectivity index (χ2n) is 3.67. The number of ether oxygens (including phenoxy) is 1. The molecule has 18 heavy (non-hydrogen) atoms. The molecule has 0 unspecified atom stereocenters. The zero-order valence-corrected chi connectivity index (χ0v) is 10.7. The highest BCUT2D eigenvalue weighted by molar-refractivity contribution is 5.90. The first kappa shape index (κ1) is 14.1. The van der Waals surface area contributed by atoms with Crippen LogP contribution in [0.5, 0.6) is 0 Å². The lowest BCUT2D eigenvalue weighted by atomic mass is 10.3. The molecule has 0 saturated carbocycles. The maximum Gasteiger partial charge on any atom is 0.307 e. The van der Waals surface area contributed by atoms with E-state index >= 15 is 0 Å². The number of nitrogens with one attached hydrogen (secondary N) is 2. The molecule has 0 radical (unpaired) electrons. The minimum absolute atomic E-state index is 0.0994. The maximum atomic E-state index is 11.6. The van der Waals surface area contributed by atoms with Crippen LogP contribution in [-0.4, -0.2) is 40.2 Å². The van der Waals surface area contributed by atoms with E-state index in [0.29, 0.717) is 12.4 Å². The fraction of sp³-hybridized carbons (Fsp3) is 0.636. The maximum absolute atomic E-state index is 11.6. The molecule has 2 N–H and O–H groups in total. The van der Waals surface area contributed by atoms with Crippen molar-refractivity contribution in [2.24, 2.45) is 0 Å². The van der Waals surface area contributed by atoms with Crippen LogP contribution in [0.2, 0.25) is 0 Å². The summed E-state index contributed by atoms with van der Waals surface area (Å²) in [5.41, 5.74) is 0. The summed E-state index contributed by atoms with van der Waals surface area (Å²) in [6.07, 6.45) is 1.83. The van der Waals surface area contributed by atoms with E-state index in [1.807, 2.05) is 6.92 Å². The van der Waals surface area contributed by atoms with Crippen LogP contribution in [0.25, 0.3) is 0 Å². The Morgan fingerprint density at radius 2 is 2.17 bits per heavy atom. The second-order valence-corrected chi connectivity index (χ2v) is 3.67. The summed E-state index contributed by atoms with van der Waals surface area (Å²) in [5, 5.41) is 9.06. The number of aromatic amines is 1. The van der Waals surface area contributed by atoms with Gasteiger partial charge in [-0.15, -0.1) is 5.10 Å². The summed E-state index contributed by atoms with van der Waals surface area (Å²) in [7, 11) is 0. The summed E-state index contributed by atoms with van der Waals surface area (Å²) in [6.45, 7) is 4.31. The minimum atomic E-state index is -0.391. The van der Waals surface area contributed by atoms with Crippen molar-refractivity contribution < 1.29 is 14.3 Å². The van der Waals surface area contributed by atoms with Crippen LogP contribution in [-0.2, 0) is 16.0 Å². The summed E-state index contributed by atoms with van der Waals surface area (Å²) in [5.74, 6) is 0.0627. The Bertz CT molecular complexity index is 403. The molecular formula is C11H18N4O3. The lowest BCUT2D eigenvalue weighted by molar-refractivity contribution is -0.142. The first-order valence-corrected chi connectivity index (χ1v) is 6.02. The highest BCUT2D eigenvalue weighted by Gasteiger charge is 2.12. The summed E-state index contributed by atoms with van der Waals surface area (Å²) >= 11 is 0. The van der Waals surface area contributed by atoms with Crippen LogP contribution >= 0.6 is 0 Å². The number of hydrogen-bond donors (Lipinski definition) is 2. The molecule has 7 nitrogen and oxygen atoms in total. The van der Waals surface area contributed by atoms with E-state index < -0.39 is 5.91 Å². The number of rotatable bonds is 7. The highest BCUT2D eigenvalue weighted by atomic mass is 16.5. The van der Waals surface area contributed by atoms with Gasteiger partial charge in [-0.25, -0.2) is 4.98 Å². The molecule has 1 heterocycles. The monoisotopic (exact) mass is 254 g/mol. The average molecular weight is 254 g/mol. The highest BCUT2D eigenvalue weighted by Crippen LogP contribution is 1.96. The van der Waals surface area contributed by atoms with Gasteiger partial charge in [0.1, 0.15) is 5.82 Å². The molecule has 1 aromatic heterocycles. The smallest absolute Gasteiger partial charge is 0.307 e. The summed E-state index contributed by atoms with van der Waals surface area (Å²) in [6, 6.07) is 0. The third-order valence-electron chi connectivity index (χ3n) is 2.14. The number of amides is 1. The number of esters is 1. The Morgan fingerprint density at radius 3 is 2.83 bits per heavy atom. The molecule has 0 aliphatic carbocycles. The molecule has 0 aliphatic heterocycles. The summed E-state index contributed by atoms with van der Waals surface area (Å²) < 4.78 is 4.74. The van der Waals surface area contributed by atoms with Crippen LogP contribution in [0.3, 0.4) is 0 Å². The minimum Gasteiger partial charge on any atom is -0.466 e. The Balaban J connectivity index is 2.33. The van der Waals surface area contributed by atoms with E-state index in [0.717, 1.165) is 12.8 Å². The quantitative estimate of drug-likeness (QED) is 0.688. The molecule has 100 valence electrons. The van der Waals surface area contributed by atoms with E-state index in [4.69, 9.17) is 4.74 Å². The van der Waals surface area contributed by atoms with Gasteiger partial charge in [0.25, 0.3) is 5.91 Å². The van der Waals surface area contributed by atoms with Crippen LogP contribution in [0, 0.1) is 0 Å². The Morgan fingerprint density at radius 1 is 1.39 bits per heavy atom. The van der Waals surface area contributed by atoms with Gasteiger partial charge >= 0.3 is 5.97 Å². The molecule has 0 aromatic carbocycles. The fourth-order valence-electron chi connectivity index (χ4n) is 1.34. The van der Waals surface area contributed by atoms with Crippen molar-refractivity contribution in [3.8, 4) is 0 Å². The average Bonchev–Trinajstić information content (AvgIpc) is 2.78. The largest absolute Gasteiger partial charge is 0.466 e. The molecule has 1 aromatic rings. The predicted molar refractivity (Wildman–Crippen MR) is 64.0 cm³/mol. The van der Waals surface area contributed by atoms with Crippen LogP contribution in [0.4, 0.5) is 0 Å². The zero-order chi connectivity index (χ0) is 13.4. The van der Waals surface area contributed by atoms with Crippen LogP contribution in [0.15, 0.2) is 0 Å². The van der Waals surface area contributed by atoms with Crippen molar-refractivity contribution in [1.29, 1.82) is 0 Å². The molecule has 1 rings (SSSR count). The molecule has 0 fully saturated rings. The molecular weight excluding hydrogens is 236 g/mol. The van der Waals surface area contributed by atoms with E-state index in [1.54, 1.807) is 6.92 Å². The second kappa shape index (κ2) is 7.41. The van der Waals surface area contributed by atoms with Crippen LogP contribution < -0.4 is 5.32 Å². The number of aromatic nitrogens is 3. The van der Waals surface area contributed by atoms with Crippen molar-refractivity contribution in [2.45, 2.75) is 33.1 Å². The topological polar surface area (TPSA) is 97.0 Å². The van der Waals surface area contributed by atoms with E-state index in [2.05, 4.69) is 20.5 Å². The van der Waals surface area contributed by atoms with Gasteiger partial charge in [-0.2, -0.15) is 0 Å². The van der Waals surface area contributed by atoms with Gasteiger partial charge < -0.3 is 10.1 Å². The lowest BCUT2D eigenvalue weighted by Crippen LogP contribution is -2.27. The predicted octanol–water partition coefficient (Wildman–Crippen LogP) is 0.440. The molecule has 0 spiro atoms. The van der Waals surface area contributed by atoms with E-state index in [9.17, 15) is 9.59 Å². The first-order valence-electron chi connectivity index (χ1n) is 6.02. The molecule has 0 aliphatic rings. The van der Waals surface area contributed by atoms with Gasteiger partial charge in [0.05, 0.1) is 13.0 Å². The zero-order valence-electron chi connectivity index (χ0n) is 10.7. The van der Waals surface area contributed by atoms with Gasteiger partial charge in [0.15, 0.2) is 0 Å². The van der Waals surface area contributed by atoms with Crippen molar-refractivity contribution in [2.75, 3.05) is 13.2 Å². The number of carbonyl (C=O) groups excluding carboxylic acids is 2. The number of nitrogens with zero attached hydrogens (tertiary/aromatic N) is 2. The van der Waals surface area contributed by atoms with Gasteiger partial charge in [-0.1, -0.05) is 6.92 Å². The third kappa shape index (κ3) is 4.52. The van der Waals surface area contributed by atoms with E-state index in [1.165, 1.54) is 0 Å². The molecule has 0 bridgehead atoms. The van der Waals surface area contributed by atoms with Crippen molar-refractivity contribution >= 4 is 11.9 Å². The molecule has 1 amide bonds. The first-order chi connectivity index (χ1) is 8.67. The Hall–Kier alpha value is -1.92. The Labute approximate surface area is 105 Å². The van der Waals surface area contributed by atoms with Gasteiger partial charge in [-0.3, -0.25) is 14.7 Å². The molecule has 0 atom stereocenters. The van der Waals surface area contributed by atoms with Gasteiger partial charge in [0.2, 0.25) is 5.82 Å². The van der Waals surface area contributed by atoms with Gasteiger partial charge in [-0.05, 0) is 13.3 Å². The van der Waals surface area contributed by atoms with Gasteiger partial charge in [0, 0.05) is 13.0 Å². The third-order valence-corrected chi connectivity index (χ3v) is 2.14.